The second-order valence-corrected chi connectivity index (χ2v) is 6.37. The molecule has 0 unspecified atom stereocenters. The monoisotopic (exact) mass is 364 g/mol. The van der Waals surface area contributed by atoms with Gasteiger partial charge in [-0.3, -0.25) is 4.79 Å². The summed E-state index contributed by atoms with van der Waals surface area (Å²) >= 11 is 0. The fourth-order valence-corrected chi connectivity index (χ4v) is 3.08. The van der Waals surface area contributed by atoms with Gasteiger partial charge >= 0.3 is 0 Å². The summed E-state index contributed by atoms with van der Waals surface area (Å²) in [4.78, 5) is 13.9. The second-order valence-electron chi connectivity index (χ2n) is 6.37. The molecular formula is C18H21FN2O5. The summed E-state index contributed by atoms with van der Waals surface area (Å²) in [5.41, 5.74) is 0.0619. The maximum absolute atomic E-state index is 13.5. The quantitative estimate of drug-likeness (QED) is 0.839. The third kappa shape index (κ3) is 3.86. The largest absolute Gasteiger partial charge is 0.482 e. The maximum atomic E-state index is 13.5. The standard InChI is InChI=1S/C18H21FN2O5/c1-21(14-6-4-7-15(22)17(14)23)18(24)13-9-11(26-20-13)10-25-16-8-3-2-5-12(16)19/h2-3,5,8-9,14-15,17,22-23H,4,6-7,10H2,1H3/t14-,15-,17-/m1/s1. The third-order valence-electron chi connectivity index (χ3n) is 4.59. The SMILES string of the molecule is CN(C(=O)c1cc(COc2ccccc2F)on1)[C@@H]1CCC[C@@H](O)[C@@H]1O. The Bertz CT molecular complexity index is 766. The van der Waals surface area contributed by atoms with Crippen LogP contribution in [0.5, 0.6) is 5.75 Å². The first-order valence-corrected chi connectivity index (χ1v) is 8.43. The molecule has 1 aliphatic carbocycles. The van der Waals surface area contributed by atoms with E-state index >= 15 is 0 Å². The Morgan fingerprint density at radius 2 is 2.15 bits per heavy atom. The van der Waals surface area contributed by atoms with Crippen LogP contribution in [0.25, 0.3) is 0 Å². The van der Waals surface area contributed by atoms with Gasteiger partial charge in [0.2, 0.25) is 0 Å². The van der Waals surface area contributed by atoms with Gasteiger partial charge in [-0.25, -0.2) is 4.39 Å². The zero-order valence-electron chi connectivity index (χ0n) is 14.3. The summed E-state index contributed by atoms with van der Waals surface area (Å²) in [6.45, 7) is -0.0737. The zero-order chi connectivity index (χ0) is 18.7. The number of rotatable bonds is 5. The van der Waals surface area contributed by atoms with E-state index in [9.17, 15) is 19.4 Å². The Hall–Kier alpha value is -2.45. The predicted molar refractivity (Wildman–Crippen MR) is 89.0 cm³/mol. The Morgan fingerprint density at radius 1 is 1.38 bits per heavy atom. The highest BCUT2D eigenvalue weighted by Crippen LogP contribution is 2.24. The number of benzene rings is 1. The van der Waals surface area contributed by atoms with Gasteiger partial charge in [0, 0.05) is 13.1 Å². The molecule has 1 amide bonds. The van der Waals surface area contributed by atoms with E-state index in [2.05, 4.69) is 5.16 Å². The number of aliphatic hydroxyl groups is 2. The van der Waals surface area contributed by atoms with Gasteiger partial charge in [0.1, 0.15) is 12.7 Å². The van der Waals surface area contributed by atoms with Gasteiger partial charge in [-0.1, -0.05) is 17.3 Å². The number of halogens is 1. The molecule has 1 aromatic carbocycles. The van der Waals surface area contributed by atoms with Gasteiger partial charge < -0.3 is 24.4 Å². The number of ether oxygens (including phenoxy) is 1. The lowest BCUT2D eigenvalue weighted by Crippen LogP contribution is -2.51. The molecule has 3 atom stereocenters. The number of para-hydroxylation sites is 1. The number of aromatic nitrogens is 1. The molecule has 1 heterocycles. The number of amides is 1. The fourth-order valence-electron chi connectivity index (χ4n) is 3.08. The number of carbonyl (C=O) groups excluding carboxylic acids is 1. The van der Waals surface area contributed by atoms with Crippen molar-refractivity contribution in [2.75, 3.05) is 7.05 Å². The van der Waals surface area contributed by atoms with Crippen LogP contribution in [-0.2, 0) is 6.61 Å². The van der Waals surface area contributed by atoms with Crippen molar-refractivity contribution in [2.24, 2.45) is 0 Å². The van der Waals surface area contributed by atoms with Gasteiger partial charge in [0.05, 0.1) is 12.1 Å². The first kappa shape index (κ1) is 18.3. The molecule has 0 spiro atoms. The van der Waals surface area contributed by atoms with Crippen molar-refractivity contribution >= 4 is 5.91 Å². The first-order chi connectivity index (χ1) is 12.5. The first-order valence-electron chi connectivity index (χ1n) is 8.43. The molecule has 0 aliphatic heterocycles. The molecule has 140 valence electrons. The molecule has 26 heavy (non-hydrogen) atoms. The highest BCUT2D eigenvalue weighted by atomic mass is 19.1. The minimum absolute atomic E-state index is 0.0619. The van der Waals surface area contributed by atoms with Crippen molar-refractivity contribution in [2.45, 2.75) is 44.1 Å². The van der Waals surface area contributed by atoms with E-state index in [1.54, 1.807) is 19.2 Å². The van der Waals surface area contributed by atoms with Crippen LogP contribution in [0.2, 0.25) is 0 Å². The molecule has 8 heteroatoms. The Balaban J connectivity index is 1.63. The molecule has 1 aromatic heterocycles. The summed E-state index contributed by atoms with van der Waals surface area (Å²) < 4.78 is 23.9. The van der Waals surface area contributed by atoms with Crippen molar-refractivity contribution in [1.82, 2.24) is 10.1 Å². The minimum atomic E-state index is -0.992. The maximum Gasteiger partial charge on any atom is 0.276 e. The molecule has 0 saturated heterocycles. The number of nitrogens with zero attached hydrogens (tertiary/aromatic N) is 2. The third-order valence-corrected chi connectivity index (χ3v) is 4.59. The van der Waals surface area contributed by atoms with Gasteiger partial charge in [0.15, 0.2) is 23.0 Å². The van der Waals surface area contributed by atoms with Gasteiger partial charge in [-0.15, -0.1) is 0 Å². The Morgan fingerprint density at radius 3 is 2.92 bits per heavy atom. The molecule has 0 bridgehead atoms. The molecular weight excluding hydrogens is 343 g/mol. The van der Waals surface area contributed by atoms with Crippen LogP contribution in [0, 0.1) is 5.82 Å². The van der Waals surface area contributed by atoms with Crippen LogP contribution < -0.4 is 4.74 Å². The summed E-state index contributed by atoms with van der Waals surface area (Å²) in [7, 11) is 1.55. The number of hydrogen-bond donors (Lipinski definition) is 2. The molecule has 7 nitrogen and oxygen atoms in total. The Kier molecular flexibility index (Phi) is 5.53. The van der Waals surface area contributed by atoms with E-state index in [0.717, 1.165) is 6.42 Å². The van der Waals surface area contributed by atoms with Crippen LogP contribution in [-0.4, -0.2) is 51.5 Å². The van der Waals surface area contributed by atoms with Crippen LogP contribution in [0.15, 0.2) is 34.9 Å². The van der Waals surface area contributed by atoms with Crippen molar-refractivity contribution in [3.63, 3.8) is 0 Å². The van der Waals surface area contributed by atoms with Crippen molar-refractivity contribution < 1.29 is 28.7 Å². The molecule has 2 N–H and O–H groups in total. The normalized spacial score (nSPS) is 22.8. The summed E-state index contributed by atoms with van der Waals surface area (Å²) in [6.07, 6.45) is 0.00333. The molecule has 1 fully saturated rings. The summed E-state index contributed by atoms with van der Waals surface area (Å²) in [5.74, 6) is -0.570. The highest BCUT2D eigenvalue weighted by Gasteiger charge is 2.36. The summed E-state index contributed by atoms with van der Waals surface area (Å²) in [5, 5.41) is 23.6. The van der Waals surface area contributed by atoms with E-state index in [1.807, 2.05) is 0 Å². The van der Waals surface area contributed by atoms with Crippen molar-refractivity contribution in [3.8, 4) is 5.75 Å². The lowest BCUT2D eigenvalue weighted by atomic mass is 9.89. The second kappa shape index (κ2) is 7.84. The fraction of sp³-hybridized carbons (Fsp3) is 0.444. The molecule has 3 rings (SSSR count). The van der Waals surface area contributed by atoms with Crippen LogP contribution >= 0.6 is 0 Å². The van der Waals surface area contributed by atoms with E-state index in [1.165, 1.54) is 23.1 Å². The number of aliphatic hydroxyl groups excluding tert-OH is 2. The van der Waals surface area contributed by atoms with Gasteiger partial charge in [-0.05, 0) is 31.4 Å². The summed E-state index contributed by atoms with van der Waals surface area (Å²) in [6, 6.07) is 6.91. The average Bonchev–Trinajstić information content (AvgIpc) is 3.11. The lowest BCUT2D eigenvalue weighted by Gasteiger charge is -2.37. The minimum Gasteiger partial charge on any atom is -0.482 e. The van der Waals surface area contributed by atoms with E-state index < -0.39 is 30.0 Å². The van der Waals surface area contributed by atoms with E-state index in [-0.39, 0.29) is 23.8 Å². The van der Waals surface area contributed by atoms with Crippen LogP contribution in [0.4, 0.5) is 4.39 Å². The number of carbonyl (C=O) groups is 1. The van der Waals surface area contributed by atoms with Crippen LogP contribution in [0.3, 0.4) is 0 Å². The molecule has 0 radical (unpaired) electrons. The molecule has 1 saturated carbocycles. The van der Waals surface area contributed by atoms with Crippen LogP contribution in [0.1, 0.15) is 35.5 Å². The number of hydrogen-bond acceptors (Lipinski definition) is 6. The Labute approximate surface area is 150 Å². The average molecular weight is 364 g/mol. The zero-order valence-corrected chi connectivity index (χ0v) is 14.3. The molecule has 1 aliphatic rings. The molecule has 2 aromatic rings. The highest BCUT2D eigenvalue weighted by molar-refractivity contribution is 5.92. The van der Waals surface area contributed by atoms with E-state index in [0.29, 0.717) is 12.8 Å². The van der Waals surface area contributed by atoms with Crippen molar-refractivity contribution in [1.29, 1.82) is 0 Å². The van der Waals surface area contributed by atoms with E-state index in [4.69, 9.17) is 9.26 Å². The lowest BCUT2D eigenvalue weighted by molar-refractivity contribution is -0.0527. The smallest absolute Gasteiger partial charge is 0.276 e. The predicted octanol–water partition coefficient (Wildman–Crippen LogP) is 1.74. The number of likely N-dealkylation sites (N-methyl/N-ethyl adjacent to an activating group) is 1. The topological polar surface area (TPSA) is 96.0 Å². The van der Waals surface area contributed by atoms with Crippen molar-refractivity contribution in [3.05, 3.63) is 47.6 Å². The van der Waals surface area contributed by atoms with Gasteiger partial charge in [-0.2, -0.15) is 0 Å². The van der Waals surface area contributed by atoms with Gasteiger partial charge in [0.25, 0.3) is 5.91 Å².